The standard InChI is InChI=1S/C58H68O8S2/c1-35-15-19-49(20-16-35)67(61,62)65-53-41-23-37-27-45(55(3,4)5)29-39(51(37)59)25-43-33-48(58(12,13)14)34-44(54(43)66-68(63,64)50-21-17-36(2)18-22-50)26-40-30-46(56(6,7)8)28-38(52(40)60)24-42(53)32-47(31-41)57(9,10)11/h15-22,27-34,59-60H,23-26H2,1-14H3. The molecule has 0 aromatic heterocycles. The van der Waals surface area contributed by atoms with Crippen LogP contribution in [-0.2, 0) is 67.6 Å². The van der Waals surface area contributed by atoms with Crippen LogP contribution < -0.4 is 8.37 Å². The van der Waals surface area contributed by atoms with Gasteiger partial charge in [0.25, 0.3) is 0 Å². The molecule has 0 saturated heterocycles. The summed E-state index contributed by atoms with van der Waals surface area (Å²) in [6.07, 6.45) is 0.318. The zero-order valence-corrected chi connectivity index (χ0v) is 43.9. The van der Waals surface area contributed by atoms with E-state index in [-0.39, 0.29) is 58.5 Å². The van der Waals surface area contributed by atoms with Gasteiger partial charge in [0.2, 0.25) is 0 Å². The van der Waals surface area contributed by atoms with Gasteiger partial charge in [0, 0.05) is 47.9 Å². The molecule has 0 heterocycles. The van der Waals surface area contributed by atoms with Crippen molar-refractivity contribution in [2.45, 2.75) is 154 Å². The van der Waals surface area contributed by atoms with Gasteiger partial charge in [0.15, 0.2) is 0 Å². The number of fused-ring (bicyclic) bond motifs is 8. The normalized spacial score (nSPS) is 13.9. The number of benzene rings is 6. The Labute approximate surface area is 405 Å². The Morgan fingerprint density at radius 3 is 0.779 bits per heavy atom. The van der Waals surface area contributed by atoms with Gasteiger partial charge in [0.1, 0.15) is 32.8 Å². The molecule has 0 radical (unpaired) electrons. The highest BCUT2D eigenvalue weighted by Gasteiger charge is 2.31. The minimum absolute atomic E-state index is 0.0000439. The Balaban J connectivity index is 1.61. The van der Waals surface area contributed by atoms with Gasteiger partial charge in [-0.3, -0.25) is 0 Å². The number of phenolic OH excluding ortho intramolecular Hbond substituents is 2. The van der Waals surface area contributed by atoms with Crippen molar-refractivity contribution >= 4 is 20.2 Å². The van der Waals surface area contributed by atoms with Crippen molar-refractivity contribution in [3.63, 3.8) is 0 Å². The second-order valence-electron chi connectivity index (χ2n) is 22.9. The zero-order valence-electron chi connectivity index (χ0n) is 42.2. The molecule has 68 heavy (non-hydrogen) atoms. The van der Waals surface area contributed by atoms with Crippen LogP contribution in [0, 0.1) is 13.8 Å². The Hall–Kier alpha value is -5.58. The number of phenols is 2. The quantitative estimate of drug-likeness (QED) is 0.158. The summed E-state index contributed by atoms with van der Waals surface area (Å²) in [4.78, 5) is -0.0000877. The first kappa shape index (κ1) is 50.3. The molecule has 8 nitrogen and oxygen atoms in total. The highest BCUT2D eigenvalue weighted by atomic mass is 32.2. The Bertz CT molecular complexity index is 2820. The molecule has 0 amide bonds. The van der Waals surface area contributed by atoms with Crippen molar-refractivity contribution in [1.29, 1.82) is 0 Å². The smallest absolute Gasteiger partial charge is 0.339 e. The summed E-state index contributed by atoms with van der Waals surface area (Å²) in [5.74, 6) is 0.250. The highest BCUT2D eigenvalue weighted by molar-refractivity contribution is 7.87. The van der Waals surface area contributed by atoms with E-state index in [1.165, 1.54) is 24.3 Å². The first-order valence-corrected chi connectivity index (χ1v) is 26.2. The topological polar surface area (TPSA) is 127 Å². The maximum absolute atomic E-state index is 14.4. The van der Waals surface area contributed by atoms with Gasteiger partial charge in [-0.15, -0.1) is 0 Å². The fourth-order valence-electron chi connectivity index (χ4n) is 8.59. The van der Waals surface area contributed by atoms with Gasteiger partial charge in [-0.1, -0.05) is 167 Å². The number of rotatable bonds is 6. The minimum atomic E-state index is -4.39. The summed E-state index contributed by atoms with van der Waals surface area (Å²) >= 11 is 0. The van der Waals surface area contributed by atoms with Crippen LogP contribution >= 0.6 is 0 Å². The first-order valence-electron chi connectivity index (χ1n) is 23.4. The van der Waals surface area contributed by atoms with Crippen LogP contribution in [0.3, 0.4) is 0 Å². The van der Waals surface area contributed by atoms with E-state index in [2.05, 4.69) is 83.1 Å². The SMILES string of the molecule is Cc1ccc(S(=O)(=O)Oc2c3cc(C(C)(C)C)cc2Cc2cc(C(C)(C)C)cc(c2O)Cc2cc(C(C)(C)C)cc(c2OS(=O)(=O)c2ccc(C)cc2)Cc2cc(C(C)(C)C)cc(c2O)C3)cc1. The largest absolute Gasteiger partial charge is 0.507 e. The highest BCUT2D eigenvalue weighted by Crippen LogP contribution is 2.45. The van der Waals surface area contributed by atoms with Crippen LogP contribution in [0.1, 0.15) is 161 Å². The molecule has 0 fully saturated rings. The second kappa shape index (κ2) is 17.7. The summed E-state index contributed by atoms with van der Waals surface area (Å²) in [7, 11) is -8.78. The van der Waals surface area contributed by atoms with Crippen LogP contribution in [0.5, 0.6) is 23.0 Å². The van der Waals surface area contributed by atoms with Crippen molar-refractivity contribution in [2.75, 3.05) is 0 Å². The van der Waals surface area contributed by atoms with E-state index in [1.54, 1.807) is 24.3 Å². The lowest BCUT2D eigenvalue weighted by Crippen LogP contribution is -2.18. The fraction of sp³-hybridized carbons (Fsp3) is 0.379. The molecule has 8 bridgehead atoms. The Morgan fingerprint density at radius 1 is 0.368 bits per heavy atom. The summed E-state index contributed by atoms with van der Waals surface area (Å²) < 4.78 is 70.3. The summed E-state index contributed by atoms with van der Waals surface area (Å²) in [5.41, 5.74) is 8.18. The van der Waals surface area contributed by atoms with Crippen LogP contribution in [0.25, 0.3) is 0 Å². The van der Waals surface area contributed by atoms with Gasteiger partial charge in [-0.2, -0.15) is 16.8 Å². The molecule has 1 aliphatic rings. The molecule has 0 spiro atoms. The lowest BCUT2D eigenvalue weighted by molar-refractivity contribution is 0.458. The molecular formula is C58H68O8S2. The third kappa shape index (κ3) is 10.8. The molecule has 6 aromatic rings. The second-order valence-corrected chi connectivity index (χ2v) is 26.0. The van der Waals surface area contributed by atoms with E-state index in [9.17, 15) is 27.0 Å². The van der Waals surface area contributed by atoms with Gasteiger partial charge < -0.3 is 18.6 Å². The lowest BCUT2D eigenvalue weighted by atomic mass is 9.79. The van der Waals surface area contributed by atoms with Crippen molar-refractivity contribution in [3.8, 4) is 23.0 Å². The number of aromatic hydroxyl groups is 2. The summed E-state index contributed by atoms with van der Waals surface area (Å²) in [6, 6.07) is 28.8. The maximum Gasteiger partial charge on any atom is 0.339 e. The molecule has 360 valence electrons. The first-order chi connectivity index (χ1) is 31.3. The molecule has 6 aromatic carbocycles. The number of aryl methyl sites for hydroxylation is 2. The Kier molecular flexibility index (Phi) is 13.1. The van der Waals surface area contributed by atoms with Crippen molar-refractivity contribution in [3.05, 3.63) is 175 Å². The van der Waals surface area contributed by atoms with Gasteiger partial charge in [-0.05, 0) is 104 Å². The molecule has 0 saturated carbocycles. The maximum atomic E-state index is 14.4. The average molecular weight is 957 g/mol. The fourth-order valence-corrected chi connectivity index (χ4v) is 10.6. The van der Waals surface area contributed by atoms with E-state index < -0.39 is 41.9 Å². The number of hydrogen-bond donors (Lipinski definition) is 2. The summed E-state index contributed by atoms with van der Waals surface area (Å²) in [5, 5.41) is 25.2. The minimum Gasteiger partial charge on any atom is -0.507 e. The average Bonchev–Trinajstić information content (AvgIpc) is 3.21. The predicted molar refractivity (Wildman–Crippen MR) is 273 cm³/mol. The lowest BCUT2D eigenvalue weighted by Gasteiger charge is -2.28. The third-order valence-corrected chi connectivity index (χ3v) is 15.5. The zero-order chi connectivity index (χ0) is 50.1. The van der Waals surface area contributed by atoms with Gasteiger partial charge in [-0.25, -0.2) is 0 Å². The van der Waals surface area contributed by atoms with E-state index in [4.69, 9.17) is 8.37 Å². The van der Waals surface area contributed by atoms with E-state index in [1.807, 2.05) is 62.4 Å². The van der Waals surface area contributed by atoms with Crippen molar-refractivity contribution in [1.82, 2.24) is 0 Å². The van der Waals surface area contributed by atoms with Crippen LogP contribution in [0.4, 0.5) is 0 Å². The third-order valence-electron chi connectivity index (χ3n) is 13.0. The Morgan fingerprint density at radius 2 is 0.574 bits per heavy atom. The van der Waals surface area contributed by atoms with Crippen LogP contribution in [0.15, 0.2) is 107 Å². The molecule has 7 rings (SSSR count). The molecular weight excluding hydrogens is 889 g/mol. The van der Waals surface area contributed by atoms with E-state index in [0.717, 1.165) is 33.4 Å². The number of hydrogen-bond acceptors (Lipinski definition) is 8. The van der Waals surface area contributed by atoms with Crippen LogP contribution in [0.2, 0.25) is 0 Å². The monoisotopic (exact) mass is 956 g/mol. The molecule has 1 aliphatic carbocycles. The van der Waals surface area contributed by atoms with Gasteiger partial charge >= 0.3 is 20.2 Å². The van der Waals surface area contributed by atoms with E-state index >= 15 is 0 Å². The molecule has 10 heteroatoms. The van der Waals surface area contributed by atoms with Crippen LogP contribution in [-0.4, -0.2) is 27.0 Å². The van der Waals surface area contributed by atoms with Crippen molar-refractivity contribution in [2.24, 2.45) is 0 Å². The predicted octanol–water partition coefficient (Wildman–Crippen LogP) is 13.1. The molecule has 0 aliphatic heterocycles. The molecule has 0 unspecified atom stereocenters. The molecule has 2 N–H and O–H groups in total. The van der Waals surface area contributed by atoms with E-state index in [0.29, 0.717) is 44.5 Å². The van der Waals surface area contributed by atoms with Crippen molar-refractivity contribution < 1.29 is 35.4 Å². The summed E-state index contributed by atoms with van der Waals surface area (Å²) in [6.45, 7) is 28.9. The van der Waals surface area contributed by atoms with Gasteiger partial charge in [0.05, 0.1) is 0 Å². The molecule has 0 atom stereocenters.